The van der Waals surface area contributed by atoms with E-state index in [0.29, 0.717) is 5.56 Å². The lowest BCUT2D eigenvalue weighted by Gasteiger charge is -2.26. The molecule has 1 aliphatic carbocycles. The molecule has 84 valence electrons. The predicted molar refractivity (Wildman–Crippen MR) is 56.3 cm³/mol. The van der Waals surface area contributed by atoms with Gasteiger partial charge in [-0.2, -0.15) is 0 Å². The Kier molecular flexibility index (Phi) is 2.85. The quantitative estimate of drug-likeness (QED) is 0.798. The van der Waals surface area contributed by atoms with Crippen molar-refractivity contribution in [2.45, 2.75) is 25.3 Å². The molecule has 16 heavy (non-hydrogen) atoms. The number of pyridine rings is 1. The smallest absolute Gasteiger partial charge is 0.354 e. The molecule has 0 aliphatic heterocycles. The first-order chi connectivity index (χ1) is 7.66. The van der Waals surface area contributed by atoms with Crippen molar-refractivity contribution >= 4 is 11.9 Å². The van der Waals surface area contributed by atoms with Crippen molar-refractivity contribution in [3.8, 4) is 0 Å². The fourth-order valence-electron chi connectivity index (χ4n) is 1.51. The summed E-state index contributed by atoms with van der Waals surface area (Å²) in [5.74, 6) is -1.35. The van der Waals surface area contributed by atoms with Crippen LogP contribution in [0.25, 0.3) is 0 Å². The molecule has 1 amide bonds. The molecule has 1 saturated carbocycles. The molecule has 0 aromatic carbocycles. The molecule has 0 spiro atoms. The highest BCUT2D eigenvalue weighted by Crippen LogP contribution is 2.18. The van der Waals surface area contributed by atoms with Gasteiger partial charge < -0.3 is 10.4 Å². The second kappa shape index (κ2) is 4.30. The van der Waals surface area contributed by atoms with Crippen molar-refractivity contribution in [1.29, 1.82) is 0 Å². The van der Waals surface area contributed by atoms with Crippen LogP contribution in [0.1, 0.15) is 40.1 Å². The minimum absolute atomic E-state index is 0.110. The Morgan fingerprint density at radius 3 is 2.75 bits per heavy atom. The number of rotatable bonds is 3. The maximum Gasteiger partial charge on any atom is 0.354 e. The molecule has 1 aromatic heterocycles. The summed E-state index contributed by atoms with van der Waals surface area (Å²) in [6.45, 7) is 0. The first kappa shape index (κ1) is 10.6. The number of carboxylic acid groups (broad SMARTS) is 1. The van der Waals surface area contributed by atoms with Crippen LogP contribution in [0.5, 0.6) is 0 Å². The molecule has 2 N–H and O–H groups in total. The van der Waals surface area contributed by atoms with Crippen LogP contribution in [0.3, 0.4) is 0 Å². The first-order valence-corrected chi connectivity index (χ1v) is 5.17. The van der Waals surface area contributed by atoms with Gasteiger partial charge in [-0.25, -0.2) is 9.78 Å². The van der Waals surface area contributed by atoms with Crippen LogP contribution in [0, 0.1) is 0 Å². The monoisotopic (exact) mass is 220 g/mol. The molecule has 5 heteroatoms. The molecule has 0 radical (unpaired) electrons. The largest absolute Gasteiger partial charge is 0.477 e. The Balaban J connectivity index is 2.09. The van der Waals surface area contributed by atoms with Crippen LogP contribution in [0.2, 0.25) is 0 Å². The fraction of sp³-hybridized carbons (Fsp3) is 0.364. The van der Waals surface area contributed by atoms with E-state index >= 15 is 0 Å². The fourth-order valence-corrected chi connectivity index (χ4v) is 1.51. The normalized spacial score (nSPS) is 15.2. The molecule has 0 saturated heterocycles. The maximum absolute atomic E-state index is 11.7. The third-order valence-corrected chi connectivity index (χ3v) is 2.68. The van der Waals surface area contributed by atoms with E-state index in [4.69, 9.17) is 5.11 Å². The minimum atomic E-state index is -1.13. The van der Waals surface area contributed by atoms with Gasteiger partial charge in [0.2, 0.25) is 0 Å². The lowest BCUT2D eigenvalue weighted by Crippen LogP contribution is -2.39. The van der Waals surface area contributed by atoms with Crippen molar-refractivity contribution in [3.63, 3.8) is 0 Å². The predicted octanol–water partition coefficient (Wildman–Crippen LogP) is 1.06. The summed E-state index contributed by atoms with van der Waals surface area (Å²) in [7, 11) is 0. The second-order valence-corrected chi connectivity index (χ2v) is 3.84. The van der Waals surface area contributed by atoms with Crippen molar-refractivity contribution < 1.29 is 14.7 Å². The van der Waals surface area contributed by atoms with Gasteiger partial charge in [-0.1, -0.05) is 0 Å². The van der Waals surface area contributed by atoms with Crippen molar-refractivity contribution in [3.05, 3.63) is 29.6 Å². The van der Waals surface area contributed by atoms with Crippen molar-refractivity contribution in [2.24, 2.45) is 0 Å². The average Bonchev–Trinajstić information content (AvgIpc) is 2.23. The van der Waals surface area contributed by atoms with Gasteiger partial charge in [-0.05, 0) is 31.4 Å². The van der Waals surface area contributed by atoms with Gasteiger partial charge in [-0.15, -0.1) is 0 Å². The van der Waals surface area contributed by atoms with E-state index in [2.05, 4.69) is 10.3 Å². The Morgan fingerprint density at radius 2 is 2.19 bits per heavy atom. The highest BCUT2D eigenvalue weighted by molar-refractivity contribution is 5.96. The summed E-state index contributed by atoms with van der Waals surface area (Å²) in [4.78, 5) is 26.0. The topological polar surface area (TPSA) is 79.3 Å². The van der Waals surface area contributed by atoms with E-state index in [9.17, 15) is 9.59 Å². The zero-order valence-corrected chi connectivity index (χ0v) is 8.64. The van der Waals surface area contributed by atoms with E-state index in [1.807, 2.05) is 0 Å². The molecule has 1 aromatic rings. The minimum Gasteiger partial charge on any atom is -0.477 e. The summed E-state index contributed by atoms with van der Waals surface area (Å²) in [6, 6.07) is 3.05. The number of nitrogens with one attached hydrogen (secondary N) is 1. The van der Waals surface area contributed by atoms with Crippen LogP contribution in [-0.2, 0) is 0 Å². The van der Waals surface area contributed by atoms with Crippen LogP contribution in [-0.4, -0.2) is 28.0 Å². The molecule has 0 unspecified atom stereocenters. The highest BCUT2D eigenvalue weighted by atomic mass is 16.4. The van der Waals surface area contributed by atoms with Gasteiger partial charge in [0.25, 0.3) is 5.91 Å². The molecular formula is C11H12N2O3. The van der Waals surface area contributed by atoms with E-state index in [-0.39, 0.29) is 17.6 Å². The molecular weight excluding hydrogens is 208 g/mol. The van der Waals surface area contributed by atoms with Crippen LogP contribution in [0.4, 0.5) is 0 Å². The first-order valence-electron chi connectivity index (χ1n) is 5.17. The third-order valence-electron chi connectivity index (χ3n) is 2.68. The lowest BCUT2D eigenvalue weighted by molar-refractivity contribution is 0.0690. The van der Waals surface area contributed by atoms with E-state index < -0.39 is 5.97 Å². The number of hydrogen-bond acceptors (Lipinski definition) is 3. The number of aromatic nitrogens is 1. The van der Waals surface area contributed by atoms with Crippen molar-refractivity contribution in [1.82, 2.24) is 10.3 Å². The number of aromatic carboxylic acids is 1. The number of carbonyl (C=O) groups excluding carboxylic acids is 1. The lowest BCUT2D eigenvalue weighted by atomic mass is 9.93. The number of amides is 1. The molecule has 0 bridgehead atoms. The summed E-state index contributed by atoms with van der Waals surface area (Å²) in [6.07, 6.45) is 4.48. The Morgan fingerprint density at radius 1 is 1.44 bits per heavy atom. The van der Waals surface area contributed by atoms with E-state index in [1.54, 1.807) is 0 Å². The molecule has 5 nitrogen and oxygen atoms in total. The maximum atomic E-state index is 11.7. The molecule has 1 heterocycles. The number of nitrogens with zero attached hydrogens (tertiary/aromatic N) is 1. The zero-order valence-electron chi connectivity index (χ0n) is 8.64. The summed E-state index contributed by atoms with van der Waals surface area (Å²) in [5, 5.41) is 11.6. The van der Waals surface area contributed by atoms with Crippen LogP contribution >= 0.6 is 0 Å². The molecule has 2 rings (SSSR count). The third kappa shape index (κ3) is 2.18. The number of hydrogen-bond donors (Lipinski definition) is 2. The van der Waals surface area contributed by atoms with Gasteiger partial charge >= 0.3 is 5.97 Å². The summed E-state index contributed by atoms with van der Waals surface area (Å²) < 4.78 is 0. The average molecular weight is 220 g/mol. The summed E-state index contributed by atoms with van der Waals surface area (Å²) >= 11 is 0. The van der Waals surface area contributed by atoms with E-state index in [1.165, 1.54) is 18.3 Å². The number of carboxylic acids is 1. The summed E-state index contributed by atoms with van der Waals surface area (Å²) in [5.41, 5.74) is 0.237. The second-order valence-electron chi connectivity index (χ2n) is 3.84. The Hall–Kier alpha value is -1.91. The van der Waals surface area contributed by atoms with E-state index in [0.717, 1.165) is 19.3 Å². The van der Waals surface area contributed by atoms with Gasteiger partial charge in [0.1, 0.15) is 5.69 Å². The molecule has 0 atom stereocenters. The van der Waals surface area contributed by atoms with Gasteiger partial charge in [0.05, 0.1) is 0 Å². The number of carbonyl (C=O) groups is 2. The zero-order chi connectivity index (χ0) is 11.5. The Bertz CT molecular complexity index is 427. The highest BCUT2D eigenvalue weighted by Gasteiger charge is 2.20. The van der Waals surface area contributed by atoms with Crippen LogP contribution < -0.4 is 5.32 Å². The van der Waals surface area contributed by atoms with Crippen molar-refractivity contribution in [2.75, 3.05) is 0 Å². The van der Waals surface area contributed by atoms with Gasteiger partial charge in [0.15, 0.2) is 0 Å². The standard InChI is InChI=1S/C11H12N2O3/c14-10(13-8-2-1-3-8)7-4-5-12-9(6-7)11(15)16/h4-6,8H,1-3H2,(H,13,14)(H,15,16). The van der Waals surface area contributed by atoms with Gasteiger partial charge in [0, 0.05) is 17.8 Å². The molecule has 1 aliphatic rings. The van der Waals surface area contributed by atoms with Gasteiger partial charge in [-0.3, -0.25) is 4.79 Å². The molecule has 1 fully saturated rings. The SMILES string of the molecule is O=C(NC1CCC1)c1ccnc(C(=O)O)c1. The Labute approximate surface area is 92.5 Å². The van der Waals surface area contributed by atoms with Crippen LogP contribution in [0.15, 0.2) is 18.3 Å².